The molecule has 0 bridgehead atoms. The number of fused-ring (bicyclic) bond motifs is 1. The Kier molecular flexibility index (Phi) is 8.56. The second kappa shape index (κ2) is 12.0. The number of anilines is 2. The molecule has 1 fully saturated rings. The number of rotatable bonds is 7. The maximum Gasteiger partial charge on any atom is 0.227 e. The highest BCUT2D eigenvalue weighted by Crippen LogP contribution is 2.33. The molecule has 1 atom stereocenters. The van der Waals surface area contributed by atoms with E-state index in [1.807, 2.05) is 48.7 Å². The van der Waals surface area contributed by atoms with E-state index in [1.165, 1.54) is 31.5 Å². The van der Waals surface area contributed by atoms with Gasteiger partial charge in [-0.25, -0.2) is 9.97 Å². The summed E-state index contributed by atoms with van der Waals surface area (Å²) in [5, 5.41) is 9.48. The quantitative estimate of drug-likeness (QED) is 0.366. The van der Waals surface area contributed by atoms with Gasteiger partial charge in [-0.1, -0.05) is 30.3 Å². The molecule has 0 amide bonds. The molecule has 0 radical (unpaired) electrons. The molecule has 1 aliphatic rings. The molecule has 3 N–H and O–H groups in total. The molecular weight excluding hydrogens is 470 g/mol. The number of aromatic nitrogens is 2. The van der Waals surface area contributed by atoms with Crippen LogP contribution in [0.3, 0.4) is 0 Å². The Balaban J connectivity index is 0.000000636. The topological polar surface area (TPSA) is 116 Å². The molecule has 10 heteroatoms. The number of likely N-dealkylation sites (tertiary alicyclic amines) is 1. The zero-order chi connectivity index (χ0) is 23.8. The third-order valence-corrected chi connectivity index (χ3v) is 6.29. The van der Waals surface area contributed by atoms with Gasteiger partial charge in [0.1, 0.15) is 12.4 Å². The molecule has 5 rings (SSSR count). The first-order valence-electron chi connectivity index (χ1n) is 10.9. The van der Waals surface area contributed by atoms with Gasteiger partial charge in [0.2, 0.25) is 5.95 Å². The summed E-state index contributed by atoms with van der Waals surface area (Å²) in [6.45, 7) is 4.13. The summed E-state index contributed by atoms with van der Waals surface area (Å²) in [5.41, 5.74) is 4.23. The van der Waals surface area contributed by atoms with Gasteiger partial charge in [0, 0.05) is 34.4 Å². The minimum atomic E-state index is -2.36. The zero-order valence-electron chi connectivity index (χ0n) is 18.6. The summed E-state index contributed by atoms with van der Waals surface area (Å²) in [6.07, 6.45) is 4.51. The molecule has 8 nitrogen and oxygen atoms in total. The second-order valence-electron chi connectivity index (χ2n) is 7.73. The molecule has 2 aromatic carbocycles. The van der Waals surface area contributed by atoms with Crippen molar-refractivity contribution < 1.29 is 13.5 Å². The lowest BCUT2D eigenvalue weighted by molar-refractivity contribution is 0.238. The Morgan fingerprint density at radius 3 is 2.53 bits per heavy atom. The number of nitrogens with two attached hydrogens (primary N) is 1. The van der Waals surface area contributed by atoms with E-state index in [4.69, 9.17) is 18.5 Å². The number of hydrogen-bond acceptors (Lipinski definition) is 8. The second-order valence-corrected chi connectivity index (χ2v) is 9.16. The highest BCUT2D eigenvalue weighted by atomic mass is 32.2. The third-order valence-electron chi connectivity index (χ3n) is 5.38. The number of thiophene rings is 1. The number of benzene rings is 2. The molecule has 1 unspecified atom stereocenters. The Labute approximate surface area is 205 Å². The van der Waals surface area contributed by atoms with Crippen molar-refractivity contribution in [1.82, 2.24) is 14.9 Å². The van der Waals surface area contributed by atoms with Crippen LogP contribution in [-0.2, 0) is 11.3 Å². The van der Waals surface area contributed by atoms with Crippen molar-refractivity contribution in [3.05, 3.63) is 66.2 Å². The summed E-state index contributed by atoms with van der Waals surface area (Å²) in [6, 6.07) is 18.3. The molecule has 0 saturated carbocycles. The van der Waals surface area contributed by atoms with E-state index in [2.05, 4.69) is 37.9 Å². The van der Waals surface area contributed by atoms with Crippen molar-refractivity contribution in [2.75, 3.05) is 31.6 Å². The Morgan fingerprint density at radius 2 is 1.82 bits per heavy atom. The van der Waals surface area contributed by atoms with Gasteiger partial charge in [-0.3, -0.25) is 14.2 Å². The van der Waals surface area contributed by atoms with Crippen molar-refractivity contribution in [2.45, 2.75) is 12.8 Å². The van der Waals surface area contributed by atoms with Gasteiger partial charge in [-0.05, 0) is 55.8 Å². The predicted octanol–water partition coefficient (Wildman–Crippen LogP) is 4.32. The minimum absolute atomic E-state index is 0.598. The Hall–Kier alpha value is -2.89. The summed E-state index contributed by atoms with van der Waals surface area (Å²) in [7, 11) is 0. The van der Waals surface area contributed by atoms with Crippen LogP contribution >= 0.6 is 11.3 Å². The maximum atomic E-state index is 8.78. The van der Waals surface area contributed by atoms with E-state index in [1.54, 1.807) is 11.3 Å². The fourth-order valence-corrected chi connectivity index (χ4v) is 4.65. The van der Waals surface area contributed by atoms with Crippen LogP contribution in [0.2, 0.25) is 0 Å². The zero-order valence-corrected chi connectivity index (χ0v) is 20.2. The fourth-order valence-electron chi connectivity index (χ4n) is 3.77. The summed E-state index contributed by atoms with van der Waals surface area (Å²) in [5.74, 6) is 1.49. The van der Waals surface area contributed by atoms with Crippen LogP contribution in [-0.4, -0.2) is 49.9 Å². The molecule has 0 spiro atoms. The molecular formula is C24H26N5O3S2-. The number of hydrogen-bond donors (Lipinski definition) is 2. The lowest BCUT2D eigenvalue weighted by atomic mass is 10.1. The van der Waals surface area contributed by atoms with Crippen LogP contribution in [0.25, 0.3) is 21.3 Å². The molecule has 178 valence electrons. The van der Waals surface area contributed by atoms with Crippen LogP contribution in [0, 0.1) is 0 Å². The van der Waals surface area contributed by atoms with E-state index in [0.717, 1.165) is 40.4 Å². The number of nitrogens with zero attached hydrogens (tertiary/aromatic N) is 3. The lowest BCUT2D eigenvalue weighted by Gasteiger charge is -2.15. The van der Waals surface area contributed by atoms with Crippen LogP contribution < -0.4 is 15.2 Å². The molecule has 3 heterocycles. The normalized spacial score (nSPS) is 14.4. The first-order valence-corrected chi connectivity index (χ1v) is 13.0. The van der Waals surface area contributed by atoms with Crippen molar-refractivity contribution in [3.8, 4) is 16.9 Å². The van der Waals surface area contributed by atoms with Crippen LogP contribution in [0.5, 0.6) is 5.75 Å². The van der Waals surface area contributed by atoms with Crippen molar-refractivity contribution >= 4 is 44.5 Å². The van der Waals surface area contributed by atoms with Gasteiger partial charge in [0.25, 0.3) is 0 Å². The lowest BCUT2D eigenvalue weighted by Crippen LogP contribution is -2.25. The Morgan fingerprint density at radius 1 is 1.12 bits per heavy atom. The SMILES string of the molecule is NS(=O)[O-].c1ccc(-c2csc3cnc(Nc4ccc(OCCN5CCCC5)cc4)nc23)cc1. The number of ether oxygens (including phenoxy) is 1. The molecule has 2 aromatic heterocycles. The van der Waals surface area contributed by atoms with Gasteiger partial charge in [-0.15, -0.1) is 11.3 Å². The van der Waals surface area contributed by atoms with E-state index < -0.39 is 11.3 Å². The Bertz CT molecular complexity index is 1210. The molecule has 4 aromatic rings. The van der Waals surface area contributed by atoms with Gasteiger partial charge >= 0.3 is 0 Å². The van der Waals surface area contributed by atoms with E-state index >= 15 is 0 Å². The van der Waals surface area contributed by atoms with E-state index in [0.29, 0.717) is 5.95 Å². The van der Waals surface area contributed by atoms with Crippen LogP contribution in [0.1, 0.15) is 12.8 Å². The van der Waals surface area contributed by atoms with E-state index in [-0.39, 0.29) is 0 Å². The van der Waals surface area contributed by atoms with Gasteiger partial charge < -0.3 is 14.6 Å². The van der Waals surface area contributed by atoms with E-state index in [9.17, 15) is 0 Å². The summed E-state index contributed by atoms with van der Waals surface area (Å²) in [4.78, 5) is 11.7. The average Bonchev–Trinajstić information content (AvgIpc) is 3.50. The van der Waals surface area contributed by atoms with Crippen molar-refractivity contribution in [3.63, 3.8) is 0 Å². The van der Waals surface area contributed by atoms with Crippen molar-refractivity contribution in [2.24, 2.45) is 5.14 Å². The molecule has 1 saturated heterocycles. The molecule has 34 heavy (non-hydrogen) atoms. The van der Waals surface area contributed by atoms with Crippen LogP contribution in [0.15, 0.2) is 66.2 Å². The van der Waals surface area contributed by atoms with Gasteiger partial charge in [0.05, 0.1) is 16.4 Å². The standard InChI is InChI=1S/C24H24N4OS.H3NO2S/c1-2-6-18(7-3-1)21-17-30-22-16-25-24(27-23(21)22)26-19-8-10-20(11-9-19)29-15-14-28-12-4-5-13-28;1-4(2)3/h1-3,6-11,16-17H,4-5,12-15H2,(H,25,26,27);1H2,(H,2,3)/p-1. The molecule has 1 aliphatic heterocycles. The van der Waals surface area contributed by atoms with Crippen LogP contribution in [0.4, 0.5) is 11.6 Å². The smallest absolute Gasteiger partial charge is 0.227 e. The monoisotopic (exact) mass is 496 g/mol. The van der Waals surface area contributed by atoms with Crippen molar-refractivity contribution in [1.29, 1.82) is 0 Å². The first kappa shape index (κ1) is 24.2. The maximum absolute atomic E-state index is 8.78. The first-order chi connectivity index (χ1) is 16.6. The van der Waals surface area contributed by atoms with Gasteiger partial charge in [0.15, 0.2) is 0 Å². The summed E-state index contributed by atoms with van der Waals surface area (Å²) < 4.78 is 24.5. The largest absolute Gasteiger partial charge is 0.760 e. The molecule has 0 aliphatic carbocycles. The highest BCUT2D eigenvalue weighted by Gasteiger charge is 2.11. The highest BCUT2D eigenvalue weighted by molar-refractivity contribution is 7.76. The minimum Gasteiger partial charge on any atom is -0.760 e. The predicted molar refractivity (Wildman–Crippen MR) is 137 cm³/mol. The van der Waals surface area contributed by atoms with Gasteiger partial charge in [-0.2, -0.15) is 0 Å². The fraction of sp³-hybridized carbons (Fsp3) is 0.250. The summed E-state index contributed by atoms with van der Waals surface area (Å²) >= 11 is -0.692. The average molecular weight is 497 g/mol. The number of nitrogens with one attached hydrogen (secondary N) is 1. The third kappa shape index (κ3) is 6.81.